The standard InChI is InChI=1S/C9H12ClFN2O12P2/c10-3-1-13(8(17)12-6(3)16)7-4(14)5(15)9(11,24-7)2-23-27(21,22)25-26(18,19)20/h1,4-5,7,14-15H,2H2,(H,21,22)(H,12,16,17)(H2,18,19,20)/t4-,5+,7-,9-/m1/s1/i2D2. The van der Waals surface area contributed by atoms with Crippen molar-refractivity contribution in [1.29, 1.82) is 0 Å². The van der Waals surface area contributed by atoms with Gasteiger partial charge in [0.05, 0.1) is 2.74 Å². The van der Waals surface area contributed by atoms with Gasteiger partial charge in [0, 0.05) is 6.20 Å². The van der Waals surface area contributed by atoms with Gasteiger partial charge in [-0.1, -0.05) is 11.6 Å². The smallest absolute Gasteiger partial charge is 0.385 e. The molecule has 27 heavy (non-hydrogen) atoms. The molecule has 0 spiro atoms. The summed E-state index contributed by atoms with van der Waals surface area (Å²) in [5.74, 6) is -4.18. The number of aliphatic hydroxyl groups excluding tert-OH is 2. The van der Waals surface area contributed by atoms with Crippen LogP contribution in [0.5, 0.6) is 0 Å². The number of halogens is 2. The SMILES string of the molecule is [2H]C([2H])(OP(=O)(O)OP(=O)(O)O)[C@@]1(F)O[C@@H](n2cc(Cl)c(=O)[nH]c2=O)[C@H](O)[C@@H]1O. The summed E-state index contributed by atoms with van der Waals surface area (Å²) in [6.45, 7) is -4.18. The van der Waals surface area contributed by atoms with Gasteiger partial charge in [-0.05, 0) is 0 Å². The Morgan fingerprint density at radius 3 is 2.56 bits per heavy atom. The molecule has 6 N–H and O–H groups in total. The highest BCUT2D eigenvalue weighted by Crippen LogP contribution is 2.58. The molecular weight excluding hydrogens is 445 g/mol. The number of hydrogen-bond acceptors (Lipinski definition) is 9. The van der Waals surface area contributed by atoms with Crippen LogP contribution in [-0.4, -0.2) is 59.1 Å². The van der Waals surface area contributed by atoms with Gasteiger partial charge in [-0.3, -0.25) is 18.9 Å². The lowest BCUT2D eigenvalue weighted by Gasteiger charge is -2.23. The van der Waals surface area contributed by atoms with Gasteiger partial charge in [0.15, 0.2) is 6.23 Å². The second-order valence-electron chi connectivity index (χ2n) is 4.97. The molecule has 1 saturated heterocycles. The minimum absolute atomic E-state index is 0.277. The van der Waals surface area contributed by atoms with Crippen LogP contribution in [0.3, 0.4) is 0 Å². The van der Waals surface area contributed by atoms with Gasteiger partial charge in [0.1, 0.15) is 23.8 Å². The normalized spacial score (nSPS) is 32.6. The van der Waals surface area contributed by atoms with Crippen molar-refractivity contribution in [2.24, 2.45) is 0 Å². The number of hydrogen-bond donors (Lipinski definition) is 6. The van der Waals surface area contributed by atoms with Crippen LogP contribution in [-0.2, 0) is 22.7 Å². The second kappa shape index (κ2) is 7.46. The monoisotopic (exact) mass is 458 g/mol. The molecule has 1 aromatic heterocycles. The third kappa shape index (κ3) is 5.10. The number of ether oxygens (including phenoxy) is 1. The van der Waals surface area contributed by atoms with Gasteiger partial charge < -0.3 is 29.6 Å². The van der Waals surface area contributed by atoms with E-state index < -0.39 is 62.8 Å². The molecule has 1 aromatic rings. The summed E-state index contributed by atoms with van der Waals surface area (Å²) in [6, 6.07) is 0. The first-order valence-corrected chi connectivity index (χ1v) is 9.85. The van der Waals surface area contributed by atoms with Gasteiger partial charge in [-0.25, -0.2) is 18.3 Å². The molecule has 2 rings (SSSR count). The van der Waals surface area contributed by atoms with Gasteiger partial charge in [-0.2, -0.15) is 4.31 Å². The van der Waals surface area contributed by atoms with E-state index in [1.807, 2.05) is 0 Å². The van der Waals surface area contributed by atoms with Crippen molar-refractivity contribution in [2.75, 3.05) is 6.56 Å². The Morgan fingerprint density at radius 2 is 2.00 bits per heavy atom. The fourth-order valence-electron chi connectivity index (χ4n) is 1.92. The highest BCUT2D eigenvalue weighted by molar-refractivity contribution is 7.60. The van der Waals surface area contributed by atoms with Crippen molar-refractivity contribution in [3.63, 3.8) is 0 Å². The summed E-state index contributed by atoms with van der Waals surface area (Å²) in [5.41, 5.74) is -2.39. The molecule has 18 heteroatoms. The number of H-pyrrole nitrogens is 1. The molecule has 1 unspecified atom stereocenters. The fourth-order valence-corrected chi connectivity index (χ4v) is 3.52. The average Bonchev–Trinajstić information content (AvgIpc) is 2.73. The maximum Gasteiger partial charge on any atom is 0.481 e. The Morgan fingerprint density at radius 1 is 1.41 bits per heavy atom. The molecule has 0 aromatic carbocycles. The van der Waals surface area contributed by atoms with E-state index in [9.17, 15) is 33.8 Å². The van der Waals surface area contributed by atoms with Crippen molar-refractivity contribution in [3.8, 4) is 0 Å². The summed E-state index contributed by atoms with van der Waals surface area (Å²) in [4.78, 5) is 51.0. The van der Waals surface area contributed by atoms with E-state index in [0.29, 0.717) is 6.20 Å². The average molecular weight is 459 g/mol. The molecule has 2 heterocycles. The van der Waals surface area contributed by atoms with E-state index in [1.54, 1.807) is 4.98 Å². The van der Waals surface area contributed by atoms with Crippen LogP contribution in [0.1, 0.15) is 8.97 Å². The van der Waals surface area contributed by atoms with E-state index in [-0.39, 0.29) is 4.57 Å². The lowest BCUT2D eigenvalue weighted by molar-refractivity contribution is -0.204. The maximum atomic E-state index is 15.1. The number of nitrogens with one attached hydrogen (secondary N) is 1. The zero-order valence-electron chi connectivity index (χ0n) is 14.5. The summed E-state index contributed by atoms with van der Waals surface area (Å²) in [5, 5.41) is 19.2. The van der Waals surface area contributed by atoms with Crippen LogP contribution in [0.25, 0.3) is 0 Å². The minimum Gasteiger partial charge on any atom is -0.385 e. The quantitative estimate of drug-likeness (QED) is 0.264. The molecule has 0 aliphatic carbocycles. The Labute approximate surface area is 155 Å². The third-order valence-corrected chi connectivity index (χ3v) is 5.26. The zero-order chi connectivity index (χ0) is 22.6. The maximum absolute atomic E-state index is 15.1. The molecule has 0 saturated carbocycles. The van der Waals surface area contributed by atoms with E-state index in [4.69, 9.17) is 24.1 Å². The van der Waals surface area contributed by atoms with E-state index in [1.165, 1.54) is 0 Å². The number of aromatic amines is 1. The molecule has 1 aliphatic heterocycles. The number of phosphoric ester groups is 1. The van der Waals surface area contributed by atoms with Crippen molar-refractivity contribution in [2.45, 2.75) is 24.3 Å². The number of nitrogens with zero attached hydrogens (tertiary/aromatic N) is 1. The molecule has 0 amide bonds. The van der Waals surface area contributed by atoms with Crippen molar-refractivity contribution in [1.82, 2.24) is 9.55 Å². The Balaban J connectivity index is 2.42. The highest BCUT2D eigenvalue weighted by atomic mass is 35.5. The first-order chi connectivity index (χ1) is 12.9. The summed E-state index contributed by atoms with van der Waals surface area (Å²) >= 11 is 5.50. The van der Waals surface area contributed by atoms with E-state index in [0.717, 1.165) is 0 Å². The molecule has 154 valence electrons. The van der Waals surface area contributed by atoms with Crippen molar-refractivity contribution < 1.29 is 54.7 Å². The minimum atomic E-state index is -5.98. The zero-order valence-corrected chi connectivity index (χ0v) is 15.0. The first-order valence-electron chi connectivity index (χ1n) is 7.44. The Hall–Kier alpha value is -0.960. The molecular formula is C9H12ClFN2O12P2. The predicted octanol–water partition coefficient (Wildman–Crippen LogP) is -1.67. The van der Waals surface area contributed by atoms with Crippen LogP contribution in [0.4, 0.5) is 4.39 Å². The number of alkyl halides is 1. The first kappa shape index (κ1) is 19.4. The molecule has 5 atom stereocenters. The fraction of sp³-hybridized carbons (Fsp3) is 0.556. The Kier molecular flexibility index (Phi) is 5.35. The summed E-state index contributed by atoms with van der Waals surface area (Å²) < 4.78 is 64.0. The molecule has 14 nitrogen and oxygen atoms in total. The largest absolute Gasteiger partial charge is 0.481 e. The lowest BCUT2D eigenvalue weighted by atomic mass is 10.1. The third-order valence-electron chi connectivity index (χ3n) is 3.00. The van der Waals surface area contributed by atoms with Crippen LogP contribution in [0.15, 0.2) is 15.8 Å². The van der Waals surface area contributed by atoms with Gasteiger partial charge in [0.2, 0.25) is 0 Å². The van der Waals surface area contributed by atoms with E-state index >= 15 is 4.39 Å². The number of phosphoric acid groups is 2. The van der Waals surface area contributed by atoms with Gasteiger partial charge >= 0.3 is 21.3 Å². The van der Waals surface area contributed by atoms with Crippen LogP contribution >= 0.6 is 27.2 Å². The molecule has 1 aliphatic rings. The lowest BCUT2D eigenvalue weighted by Crippen LogP contribution is -2.43. The number of aromatic nitrogens is 2. The van der Waals surface area contributed by atoms with E-state index in [2.05, 4.69) is 13.6 Å². The number of rotatable bonds is 6. The van der Waals surface area contributed by atoms with Gasteiger partial charge in [0.25, 0.3) is 11.4 Å². The topological polar surface area (TPSA) is 218 Å². The highest BCUT2D eigenvalue weighted by Gasteiger charge is 2.57. The van der Waals surface area contributed by atoms with Crippen molar-refractivity contribution >= 4 is 27.2 Å². The summed E-state index contributed by atoms with van der Waals surface area (Å²) in [7, 11) is -11.7. The molecule has 1 fully saturated rings. The number of aliphatic hydroxyl groups is 2. The molecule has 0 bridgehead atoms. The van der Waals surface area contributed by atoms with Crippen molar-refractivity contribution in [3.05, 3.63) is 32.1 Å². The van der Waals surface area contributed by atoms with Crippen LogP contribution < -0.4 is 11.2 Å². The van der Waals surface area contributed by atoms with Crippen LogP contribution in [0.2, 0.25) is 5.02 Å². The Bertz CT molecular complexity index is 1010. The van der Waals surface area contributed by atoms with Gasteiger partial charge in [-0.15, -0.1) is 0 Å². The molecule has 0 radical (unpaired) electrons. The second-order valence-corrected chi connectivity index (χ2v) is 8.13. The summed E-state index contributed by atoms with van der Waals surface area (Å²) in [6.07, 6.45) is -6.95. The van der Waals surface area contributed by atoms with Crippen LogP contribution in [0, 0.1) is 0 Å². The predicted molar refractivity (Wildman–Crippen MR) is 81.2 cm³/mol.